The van der Waals surface area contributed by atoms with Gasteiger partial charge in [-0.1, -0.05) is 20.8 Å². The maximum Gasteiger partial charge on any atom is 0.234 e. The van der Waals surface area contributed by atoms with Crippen LogP contribution < -0.4 is 5.32 Å². The molecule has 0 aliphatic carbocycles. The lowest BCUT2D eigenvalue weighted by Gasteiger charge is -2.26. The average Bonchev–Trinajstić information content (AvgIpc) is 2.86. The summed E-state index contributed by atoms with van der Waals surface area (Å²) in [6.45, 7) is 8.58. The summed E-state index contributed by atoms with van der Waals surface area (Å²) in [6.07, 6.45) is 1.59. The van der Waals surface area contributed by atoms with Gasteiger partial charge in [-0.15, -0.1) is 0 Å². The van der Waals surface area contributed by atoms with Crippen LogP contribution in [0.4, 0.5) is 0 Å². The number of imidazole rings is 1. The van der Waals surface area contributed by atoms with Crippen LogP contribution in [0.1, 0.15) is 26.5 Å². The van der Waals surface area contributed by atoms with Gasteiger partial charge in [0.05, 0.1) is 30.8 Å². The molecule has 8 nitrogen and oxygen atoms in total. The smallest absolute Gasteiger partial charge is 0.234 e. The summed E-state index contributed by atoms with van der Waals surface area (Å²) in [5.41, 5.74) is 0.418. The molecule has 1 saturated heterocycles. The zero-order valence-electron chi connectivity index (χ0n) is 15.4. The molecule has 2 rings (SSSR count). The van der Waals surface area contributed by atoms with Crippen molar-refractivity contribution >= 4 is 15.7 Å². The Kier molecular flexibility index (Phi) is 6.23. The van der Waals surface area contributed by atoms with Crippen molar-refractivity contribution in [2.45, 2.75) is 39.0 Å². The van der Waals surface area contributed by atoms with Gasteiger partial charge in [-0.05, 0) is 5.41 Å². The fourth-order valence-corrected chi connectivity index (χ4v) is 4.91. The lowest BCUT2D eigenvalue weighted by atomic mass is 10.0. The quantitative estimate of drug-likeness (QED) is 0.739. The summed E-state index contributed by atoms with van der Waals surface area (Å²) in [7, 11) is -1.93. The lowest BCUT2D eigenvalue weighted by Crippen LogP contribution is -2.47. The van der Waals surface area contributed by atoms with Crippen LogP contribution in [-0.4, -0.2) is 67.9 Å². The Hall–Kier alpha value is -1.45. The molecule has 1 N–H and O–H groups in total. The summed E-state index contributed by atoms with van der Waals surface area (Å²) >= 11 is 0. The van der Waals surface area contributed by atoms with Crippen LogP contribution in [0, 0.1) is 5.41 Å². The van der Waals surface area contributed by atoms with Gasteiger partial charge in [-0.25, -0.2) is 13.4 Å². The summed E-state index contributed by atoms with van der Waals surface area (Å²) in [5, 5.41) is 2.86. The number of carbonyl (C=O) groups excluding carboxylic acids is 1. The first kappa shape index (κ1) is 19.9. The van der Waals surface area contributed by atoms with Crippen molar-refractivity contribution in [2.75, 3.05) is 39.1 Å². The largest absolute Gasteiger partial charge is 0.383 e. The molecule has 0 unspecified atom stereocenters. The van der Waals surface area contributed by atoms with Crippen molar-refractivity contribution in [3.05, 3.63) is 11.9 Å². The van der Waals surface area contributed by atoms with E-state index in [-0.39, 0.29) is 22.2 Å². The number of aromatic nitrogens is 2. The highest BCUT2D eigenvalue weighted by Crippen LogP contribution is 2.23. The number of carbonyl (C=O) groups is 1. The molecule has 0 spiro atoms. The number of nitrogens with one attached hydrogen (secondary N) is 1. The molecule has 142 valence electrons. The average molecular weight is 372 g/mol. The Morgan fingerprint density at radius 1 is 1.36 bits per heavy atom. The fraction of sp³-hybridized carbons (Fsp3) is 0.750. The number of hydrogen-bond acceptors (Lipinski definition) is 6. The molecule has 9 heteroatoms. The van der Waals surface area contributed by atoms with Crippen LogP contribution >= 0.6 is 0 Å². The highest BCUT2D eigenvalue weighted by molar-refractivity contribution is 7.91. The summed E-state index contributed by atoms with van der Waals surface area (Å²) in [4.78, 5) is 17.7. The van der Waals surface area contributed by atoms with Crippen molar-refractivity contribution in [1.82, 2.24) is 19.8 Å². The standard InChI is InChI=1S/C16H28N4O4S/c1-16(2,3)12-25(22,23)15-18-9-13(20(15)7-8-24-4)10-19-6-5-17-14(21)11-19/h9H,5-8,10-12H2,1-4H3,(H,17,21). The topological polar surface area (TPSA) is 93.5 Å². The van der Waals surface area contributed by atoms with E-state index in [1.54, 1.807) is 17.9 Å². The summed E-state index contributed by atoms with van der Waals surface area (Å²) in [6, 6.07) is 0. The second-order valence-corrected chi connectivity index (χ2v) is 9.44. The van der Waals surface area contributed by atoms with E-state index < -0.39 is 9.84 Å². The summed E-state index contributed by atoms with van der Waals surface area (Å²) in [5.74, 6) is 0.00465. The van der Waals surface area contributed by atoms with Crippen LogP contribution in [0.3, 0.4) is 0 Å². The number of ether oxygens (including phenoxy) is 1. The highest BCUT2D eigenvalue weighted by Gasteiger charge is 2.29. The monoisotopic (exact) mass is 372 g/mol. The number of nitrogens with zero attached hydrogens (tertiary/aromatic N) is 3. The van der Waals surface area contributed by atoms with E-state index in [1.165, 1.54) is 0 Å². The van der Waals surface area contributed by atoms with Crippen LogP contribution in [0.15, 0.2) is 11.4 Å². The predicted molar refractivity (Wildman–Crippen MR) is 93.9 cm³/mol. The number of piperazine rings is 1. The van der Waals surface area contributed by atoms with Crippen molar-refractivity contribution in [1.29, 1.82) is 0 Å². The highest BCUT2D eigenvalue weighted by atomic mass is 32.2. The third-order valence-corrected chi connectivity index (χ3v) is 5.95. The van der Waals surface area contributed by atoms with Crippen molar-refractivity contribution < 1.29 is 17.9 Å². The van der Waals surface area contributed by atoms with Gasteiger partial charge in [-0.3, -0.25) is 9.69 Å². The Bertz CT molecular complexity index is 706. The normalized spacial score (nSPS) is 16.9. The Morgan fingerprint density at radius 2 is 2.08 bits per heavy atom. The molecular weight excluding hydrogens is 344 g/mol. The molecule has 2 heterocycles. The molecule has 1 aliphatic rings. The molecule has 1 aliphatic heterocycles. The molecule has 0 bridgehead atoms. The van der Waals surface area contributed by atoms with E-state index in [1.807, 2.05) is 25.7 Å². The van der Waals surface area contributed by atoms with Gasteiger partial charge in [0, 0.05) is 33.3 Å². The van der Waals surface area contributed by atoms with Crippen LogP contribution in [0.2, 0.25) is 0 Å². The van der Waals surface area contributed by atoms with Crippen molar-refractivity contribution in [2.24, 2.45) is 5.41 Å². The second kappa shape index (κ2) is 7.84. The van der Waals surface area contributed by atoms with Gasteiger partial charge >= 0.3 is 0 Å². The molecule has 1 aromatic rings. The molecule has 0 atom stereocenters. The predicted octanol–water partition coefficient (Wildman–Crippen LogP) is 0.281. The maximum absolute atomic E-state index is 12.8. The van der Waals surface area contributed by atoms with Crippen LogP contribution in [0.5, 0.6) is 0 Å². The molecule has 0 saturated carbocycles. The van der Waals surface area contributed by atoms with Gasteiger partial charge < -0.3 is 14.6 Å². The first-order valence-electron chi connectivity index (χ1n) is 8.37. The first-order valence-corrected chi connectivity index (χ1v) is 10.0. The third-order valence-electron chi connectivity index (χ3n) is 3.82. The van der Waals surface area contributed by atoms with Crippen molar-refractivity contribution in [3.8, 4) is 0 Å². The third kappa shape index (κ3) is 5.52. The van der Waals surface area contributed by atoms with Crippen molar-refractivity contribution in [3.63, 3.8) is 0 Å². The van der Waals surface area contributed by atoms with Crippen LogP contribution in [-0.2, 0) is 32.5 Å². The van der Waals surface area contributed by atoms with E-state index in [2.05, 4.69) is 10.3 Å². The minimum absolute atomic E-state index is 0.0187. The molecule has 0 radical (unpaired) electrons. The maximum atomic E-state index is 12.8. The Labute approximate surface area is 149 Å². The molecule has 0 aromatic carbocycles. The first-order chi connectivity index (χ1) is 11.6. The molecular formula is C16H28N4O4S. The van der Waals surface area contributed by atoms with E-state index in [9.17, 15) is 13.2 Å². The number of amides is 1. The number of hydrogen-bond donors (Lipinski definition) is 1. The molecule has 1 aromatic heterocycles. The minimum Gasteiger partial charge on any atom is -0.383 e. The number of rotatable bonds is 7. The van der Waals surface area contributed by atoms with Gasteiger partial charge in [0.2, 0.25) is 20.9 Å². The fourth-order valence-electron chi connectivity index (χ4n) is 2.88. The van der Waals surface area contributed by atoms with E-state index in [0.717, 1.165) is 12.2 Å². The van der Waals surface area contributed by atoms with Gasteiger partial charge in [0.25, 0.3) is 0 Å². The molecule has 25 heavy (non-hydrogen) atoms. The van der Waals surface area contributed by atoms with E-state index >= 15 is 0 Å². The summed E-state index contributed by atoms with van der Waals surface area (Å²) < 4.78 is 32.4. The number of sulfone groups is 1. The van der Waals surface area contributed by atoms with Gasteiger partial charge in [0.15, 0.2) is 0 Å². The molecule has 1 amide bonds. The Morgan fingerprint density at radius 3 is 2.68 bits per heavy atom. The lowest BCUT2D eigenvalue weighted by molar-refractivity contribution is -0.124. The zero-order chi connectivity index (χ0) is 18.7. The SMILES string of the molecule is COCCn1c(CN2CCNC(=O)C2)cnc1S(=O)(=O)CC(C)(C)C. The van der Waals surface area contributed by atoms with Gasteiger partial charge in [-0.2, -0.15) is 0 Å². The zero-order valence-corrected chi connectivity index (χ0v) is 16.2. The Balaban J connectivity index is 2.28. The molecule has 1 fully saturated rings. The second-order valence-electron chi connectivity index (χ2n) is 7.56. The van der Waals surface area contributed by atoms with Crippen LogP contribution in [0.25, 0.3) is 0 Å². The van der Waals surface area contributed by atoms with Gasteiger partial charge in [0.1, 0.15) is 0 Å². The van der Waals surface area contributed by atoms with E-state index in [4.69, 9.17) is 4.74 Å². The number of methoxy groups -OCH3 is 1. The van der Waals surface area contributed by atoms with E-state index in [0.29, 0.717) is 32.8 Å². The minimum atomic E-state index is -3.51.